The Kier molecular flexibility index (Phi) is 7.34. The van der Waals surface area contributed by atoms with Crippen LogP contribution in [0.25, 0.3) is 0 Å². The van der Waals surface area contributed by atoms with E-state index in [0.29, 0.717) is 25.6 Å². The topological polar surface area (TPSA) is 56.8 Å². The van der Waals surface area contributed by atoms with E-state index in [9.17, 15) is 4.79 Å². The van der Waals surface area contributed by atoms with Crippen LogP contribution in [0.15, 0.2) is 0 Å². The summed E-state index contributed by atoms with van der Waals surface area (Å²) in [5.74, 6) is 0.279. The van der Waals surface area contributed by atoms with Crippen LogP contribution >= 0.6 is 0 Å². The van der Waals surface area contributed by atoms with Crippen molar-refractivity contribution in [2.24, 2.45) is 5.92 Å². The quantitative estimate of drug-likeness (QED) is 0.508. The van der Waals surface area contributed by atoms with Gasteiger partial charge in [-0.25, -0.2) is 0 Å². The molecule has 5 nitrogen and oxygen atoms in total. The van der Waals surface area contributed by atoms with Crippen molar-refractivity contribution in [2.75, 3.05) is 40.1 Å². The second-order valence-corrected chi connectivity index (χ2v) is 5.30. The lowest BCUT2D eigenvalue weighted by atomic mass is 9.98. The van der Waals surface area contributed by atoms with E-state index < -0.39 is 5.54 Å². The normalized spacial score (nSPS) is 22.2. The fourth-order valence-corrected chi connectivity index (χ4v) is 2.13. The molecule has 1 rings (SSSR count). The van der Waals surface area contributed by atoms with Gasteiger partial charge in [0, 0.05) is 19.1 Å². The molecule has 1 fully saturated rings. The van der Waals surface area contributed by atoms with Gasteiger partial charge in [0.15, 0.2) is 0 Å². The number of carbonyl (C=O) groups is 1. The lowest BCUT2D eigenvalue weighted by molar-refractivity contribution is -0.148. The van der Waals surface area contributed by atoms with Crippen molar-refractivity contribution in [3.8, 4) is 0 Å². The van der Waals surface area contributed by atoms with Gasteiger partial charge in [-0.2, -0.15) is 0 Å². The molecular weight excluding hydrogens is 246 g/mol. The minimum absolute atomic E-state index is 0.228. The van der Waals surface area contributed by atoms with Crippen LogP contribution in [-0.2, 0) is 19.0 Å². The predicted molar refractivity (Wildman–Crippen MR) is 73.1 cm³/mol. The molecule has 2 unspecified atom stereocenters. The summed E-state index contributed by atoms with van der Waals surface area (Å²) in [5, 5.41) is 3.25. The van der Waals surface area contributed by atoms with Crippen molar-refractivity contribution in [2.45, 2.75) is 38.6 Å². The smallest absolute Gasteiger partial charge is 0.325 e. The molecule has 1 heterocycles. The van der Waals surface area contributed by atoms with E-state index in [4.69, 9.17) is 14.2 Å². The highest BCUT2D eigenvalue weighted by Crippen LogP contribution is 2.15. The van der Waals surface area contributed by atoms with Crippen molar-refractivity contribution in [3.63, 3.8) is 0 Å². The number of esters is 1. The molecule has 5 heteroatoms. The molecule has 0 aromatic rings. The van der Waals surface area contributed by atoms with E-state index in [1.165, 1.54) is 7.11 Å². The number of hydrogen-bond acceptors (Lipinski definition) is 5. The monoisotopic (exact) mass is 273 g/mol. The average Bonchev–Trinajstić information content (AvgIpc) is 2.93. The molecule has 1 aliphatic heterocycles. The minimum Gasteiger partial charge on any atom is -0.468 e. The number of methoxy groups -OCH3 is 1. The van der Waals surface area contributed by atoms with Crippen LogP contribution in [0.3, 0.4) is 0 Å². The van der Waals surface area contributed by atoms with Gasteiger partial charge >= 0.3 is 5.97 Å². The Bertz CT molecular complexity index is 266. The molecule has 0 aromatic carbocycles. The van der Waals surface area contributed by atoms with E-state index in [1.807, 2.05) is 6.92 Å². The Morgan fingerprint density at radius 1 is 1.53 bits per heavy atom. The second kappa shape index (κ2) is 8.51. The van der Waals surface area contributed by atoms with Crippen molar-refractivity contribution >= 4 is 5.97 Å². The molecule has 0 amide bonds. The minimum atomic E-state index is -0.656. The van der Waals surface area contributed by atoms with E-state index in [1.54, 1.807) is 0 Å². The van der Waals surface area contributed by atoms with Crippen LogP contribution in [0.1, 0.15) is 33.1 Å². The first-order valence-electron chi connectivity index (χ1n) is 7.11. The highest BCUT2D eigenvalue weighted by atomic mass is 16.5. The van der Waals surface area contributed by atoms with E-state index in [-0.39, 0.29) is 5.97 Å². The summed E-state index contributed by atoms with van der Waals surface area (Å²) < 4.78 is 15.8. The largest absolute Gasteiger partial charge is 0.468 e. The lowest BCUT2D eigenvalue weighted by Crippen LogP contribution is -2.51. The van der Waals surface area contributed by atoms with Gasteiger partial charge in [0.1, 0.15) is 5.54 Å². The highest BCUT2D eigenvalue weighted by Gasteiger charge is 2.33. The maximum Gasteiger partial charge on any atom is 0.325 e. The van der Waals surface area contributed by atoms with Crippen molar-refractivity contribution < 1.29 is 19.0 Å². The molecule has 1 aliphatic rings. The standard InChI is InChI=1S/C14H27NO4/c1-4-7-15-14(2,13(16)17-3)6-9-19-11-12-5-8-18-10-12/h12,15H,4-11H2,1-3H3. The summed E-state index contributed by atoms with van der Waals surface area (Å²) in [6.45, 7) is 7.64. The summed E-state index contributed by atoms with van der Waals surface area (Å²) >= 11 is 0. The van der Waals surface area contributed by atoms with Gasteiger partial charge in [0.05, 0.1) is 20.3 Å². The molecule has 2 atom stereocenters. The van der Waals surface area contributed by atoms with Gasteiger partial charge in [0.25, 0.3) is 0 Å². The maximum absolute atomic E-state index is 11.8. The van der Waals surface area contributed by atoms with Gasteiger partial charge in [-0.1, -0.05) is 6.92 Å². The SMILES string of the molecule is CCCNC(C)(CCOCC1CCOC1)C(=O)OC. The molecule has 0 spiro atoms. The number of ether oxygens (including phenoxy) is 3. The number of rotatable bonds is 9. The van der Waals surface area contributed by atoms with E-state index in [2.05, 4.69) is 12.2 Å². The molecule has 0 aromatic heterocycles. The third-order valence-corrected chi connectivity index (χ3v) is 3.53. The molecule has 112 valence electrons. The van der Waals surface area contributed by atoms with Crippen LogP contribution < -0.4 is 5.32 Å². The fraction of sp³-hybridized carbons (Fsp3) is 0.929. The zero-order valence-corrected chi connectivity index (χ0v) is 12.4. The summed E-state index contributed by atoms with van der Waals surface area (Å²) in [7, 11) is 1.42. The molecule has 19 heavy (non-hydrogen) atoms. The van der Waals surface area contributed by atoms with Crippen LogP contribution in [0.4, 0.5) is 0 Å². The maximum atomic E-state index is 11.8. The van der Waals surface area contributed by atoms with E-state index >= 15 is 0 Å². The van der Waals surface area contributed by atoms with Gasteiger partial charge in [-0.15, -0.1) is 0 Å². The molecular formula is C14H27NO4. The van der Waals surface area contributed by atoms with Crippen LogP contribution in [0, 0.1) is 5.92 Å². The van der Waals surface area contributed by atoms with Crippen molar-refractivity contribution in [1.29, 1.82) is 0 Å². The molecule has 1 saturated heterocycles. The number of carbonyl (C=O) groups excluding carboxylic acids is 1. The molecule has 1 N–H and O–H groups in total. The zero-order chi connectivity index (χ0) is 14.1. The summed E-state index contributed by atoms with van der Waals surface area (Å²) in [6.07, 6.45) is 2.67. The lowest BCUT2D eigenvalue weighted by Gasteiger charge is -2.28. The fourth-order valence-electron chi connectivity index (χ4n) is 2.13. The zero-order valence-electron chi connectivity index (χ0n) is 12.4. The number of hydrogen-bond donors (Lipinski definition) is 1. The predicted octanol–water partition coefficient (Wildman–Crippen LogP) is 1.36. The van der Waals surface area contributed by atoms with Crippen LogP contribution in [0.5, 0.6) is 0 Å². The Morgan fingerprint density at radius 2 is 2.32 bits per heavy atom. The van der Waals surface area contributed by atoms with E-state index in [0.717, 1.165) is 32.6 Å². The Hall–Kier alpha value is -0.650. The molecule has 0 bridgehead atoms. The Balaban J connectivity index is 2.28. The van der Waals surface area contributed by atoms with Gasteiger partial charge in [0.2, 0.25) is 0 Å². The molecule has 0 radical (unpaired) electrons. The average molecular weight is 273 g/mol. The third kappa shape index (κ3) is 5.47. The van der Waals surface area contributed by atoms with Gasteiger partial charge in [-0.05, 0) is 32.7 Å². The van der Waals surface area contributed by atoms with Gasteiger partial charge in [-0.3, -0.25) is 4.79 Å². The summed E-state index contributed by atoms with van der Waals surface area (Å²) in [6, 6.07) is 0. The first-order chi connectivity index (χ1) is 9.12. The number of nitrogens with one attached hydrogen (secondary N) is 1. The summed E-state index contributed by atoms with van der Waals surface area (Å²) in [4.78, 5) is 11.8. The van der Waals surface area contributed by atoms with Crippen molar-refractivity contribution in [3.05, 3.63) is 0 Å². The first kappa shape index (κ1) is 16.4. The molecule has 0 aliphatic carbocycles. The molecule has 0 saturated carbocycles. The van der Waals surface area contributed by atoms with Crippen LogP contribution in [0.2, 0.25) is 0 Å². The van der Waals surface area contributed by atoms with Crippen LogP contribution in [-0.4, -0.2) is 51.6 Å². The summed E-state index contributed by atoms with van der Waals surface area (Å²) in [5.41, 5.74) is -0.656. The third-order valence-electron chi connectivity index (χ3n) is 3.53. The second-order valence-electron chi connectivity index (χ2n) is 5.30. The van der Waals surface area contributed by atoms with Crippen molar-refractivity contribution in [1.82, 2.24) is 5.32 Å². The highest BCUT2D eigenvalue weighted by molar-refractivity contribution is 5.80. The Labute approximate surface area is 116 Å². The van der Waals surface area contributed by atoms with Gasteiger partial charge < -0.3 is 19.5 Å². The Morgan fingerprint density at radius 3 is 2.89 bits per heavy atom. The first-order valence-corrected chi connectivity index (χ1v) is 7.11.